The Labute approximate surface area is 137 Å². The van der Waals surface area contributed by atoms with Gasteiger partial charge in [-0.2, -0.15) is 0 Å². The molecule has 2 aromatic rings. The monoisotopic (exact) mass is 359 g/mol. The Morgan fingerprint density at radius 3 is 2.26 bits per heavy atom. The molecule has 0 aromatic heterocycles. The first-order chi connectivity index (χ1) is 10.8. The maximum Gasteiger partial charge on any atom is 0.225 e. The van der Waals surface area contributed by atoms with Gasteiger partial charge in [0.25, 0.3) is 0 Å². The van der Waals surface area contributed by atoms with E-state index in [1.165, 1.54) is 18.2 Å². The van der Waals surface area contributed by atoms with Crippen molar-refractivity contribution in [3.8, 4) is 0 Å². The number of rotatable bonds is 5. The quantitative estimate of drug-likeness (QED) is 0.889. The highest BCUT2D eigenvalue weighted by atomic mass is 35.5. The molecule has 2 aromatic carbocycles. The molecule has 1 amide bonds. The molecule has 0 heterocycles. The van der Waals surface area contributed by atoms with Crippen molar-refractivity contribution >= 4 is 33.0 Å². The molecule has 0 saturated heterocycles. The van der Waals surface area contributed by atoms with Crippen LogP contribution in [0.25, 0.3) is 0 Å². The fourth-order valence-corrected chi connectivity index (χ4v) is 3.67. The van der Waals surface area contributed by atoms with E-state index in [9.17, 15) is 22.0 Å². The Bertz CT molecular complexity index is 820. The number of nitrogens with one attached hydrogen (secondary N) is 1. The summed E-state index contributed by atoms with van der Waals surface area (Å²) in [5.74, 6) is -3.22. The molecule has 0 fully saturated rings. The smallest absolute Gasteiger partial charge is 0.225 e. The maximum absolute atomic E-state index is 13.4. The van der Waals surface area contributed by atoms with Crippen LogP contribution in [0.1, 0.15) is 6.42 Å². The molecular weight excluding hydrogens is 348 g/mol. The van der Waals surface area contributed by atoms with E-state index in [0.717, 1.165) is 18.2 Å². The molecule has 0 bridgehead atoms. The summed E-state index contributed by atoms with van der Waals surface area (Å²) in [6.45, 7) is 0. The zero-order chi connectivity index (χ0) is 17.0. The molecule has 8 heteroatoms. The van der Waals surface area contributed by atoms with Gasteiger partial charge in [0.05, 0.1) is 15.7 Å². The summed E-state index contributed by atoms with van der Waals surface area (Å²) in [7, 11) is -3.78. The van der Waals surface area contributed by atoms with E-state index < -0.39 is 45.2 Å². The van der Waals surface area contributed by atoms with Crippen molar-refractivity contribution in [3.63, 3.8) is 0 Å². The van der Waals surface area contributed by atoms with Crippen LogP contribution in [0.4, 0.5) is 14.5 Å². The number of amides is 1. The number of anilines is 1. The Morgan fingerprint density at radius 2 is 1.65 bits per heavy atom. The van der Waals surface area contributed by atoms with E-state index in [1.54, 1.807) is 6.07 Å². The number of carbonyl (C=O) groups excluding carboxylic acids is 1. The van der Waals surface area contributed by atoms with Crippen LogP contribution in [0.2, 0.25) is 5.02 Å². The number of carbonyl (C=O) groups is 1. The molecule has 122 valence electrons. The summed E-state index contributed by atoms with van der Waals surface area (Å²) < 4.78 is 51.1. The summed E-state index contributed by atoms with van der Waals surface area (Å²) in [4.78, 5) is 11.6. The van der Waals surface area contributed by atoms with Crippen LogP contribution in [0.15, 0.2) is 47.4 Å². The average Bonchev–Trinajstić information content (AvgIpc) is 2.49. The Kier molecular flexibility index (Phi) is 5.33. The maximum atomic E-state index is 13.4. The minimum Gasteiger partial charge on any atom is -0.321 e. The van der Waals surface area contributed by atoms with Crippen molar-refractivity contribution in [2.75, 3.05) is 11.1 Å². The SMILES string of the molecule is O=C(CCS(=O)(=O)c1ccccc1Cl)Nc1c(F)cccc1F. The van der Waals surface area contributed by atoms with Crippen LogP contribution in [0.3, 0.4) is 0 Å². The van der Waals surface area contributed by atoms with Gasteiger partial charge in [0.15, 0.2) is 9.84 Å². The number of benzene rings is 2. The molecule has 0 aliphatic carbocycles. The topological polar surface area (TPSA) is 63.2 Å². The lowest BCUT2D eigenvalue weighted by Gasteiger charge is -2.08. The lowest BCUT2D eigenvalue weighted by molar-refractivity contribution is -0.115. The van der Waals surface area contributed by atoms with Gasteiger partial charge in [-0.3, -0.25) is 4.79 Å². The lowest BCUT2D eigenvalue weighted by Crippen LogP contribution is -2.19. The van der Waals surface area contributed by atoms with Crippen LogP contribution in [-0.4, -0.2) is 20.1 Å². The fraction of sp³-hybridized carbons (Fsp3) is 0.133. The van der Waals surface area contributed by atoms with Crippen molar-refractivity contribution in [1.29, 1.82) is 0 Å². The zero-order valence-corrected chi connectivity index (χ0v) is 13.3. The molecule has 0 aliphatic heterocycles. The van der Waals surface area contributed by atoms with Gasteiger partial charge >= 0.3 is 0 Å². The highest BCUT2D eigenvalue weighted by Gasteiger charge is 2.20. The largest absolute Gasteiger partial charge is 0.321 e. The van der Waals surface area contributed by atoms with Gasteiger partial charge in [-0.15, -0.1) is 0 Å². The highest BCUT2D eigenvalue weighted by Crippen LogP contribution is 2.23. The van der Waals surface area contributed by atoms with Crippen LogP contribution < -0.4 is 5.32 Å². The molecule has 0 unspecified atom stereocenters. The molecule has 23 heavy (non-hydrogen) atoms. The number of hydrogen-bond acceptors (Lipinski definition) is 3. The Morgan fingerprint density at radius 1 is 1.04 bits per heavy atom. The van der Waals surface area contributed by atoms with Crippen molar-refractivity contribution < 1.29 is 22.0 Å². The minimum absolute atomic E-state index is 0.0491. The van der Waals surface area contributed by atoms with Crippen molar-refractivity contribution in [1.82, 2.24) is 0 Å². The van der Waals surface area contributed by atoms with Gasteiger partial charge < -0.3 is 5.32 Å². The number of halogens is 3. The molecular formula is C15H12ClF2NO3S. The van der Waals surface area contributed by atoms with Gasteiger partial charge in [0.2, 0.25) is 5.91 Å². The molecule has 0 aliphatic rings. The second-order valence-electron chi connectivity index (χ2n) is 4.64. The van der Waals surface area contributed by atoms with Gasteiger partial charge in [-0.1, -0.05) is 29.8 Å². The van der Waals surface area contributed by atoms with Crippen molar-refractivity contribution in [2.24, 2.45) is 0 Å². The summed E-state index contributed by atoms with van der Waals surface area (Å²) in [5.41, 5.74) is -0.604. The third-order valence-corrected chi connectivity index (χ3v) is 5.21. The number of sulfone groups is 1. The first-order valence-corrected chi connectivity index (χ1v) is 8.55. The van der Waals surface area contributed by atoms with Crippen LogP contribution in [0, 0.1) is 11.6 Å². The minimum atomic E-state index is -3.78. The molecule has 0 atom stereocenters. The molecule has 4 nitrogen and oxygen atoms in total. The van der Waals surface area contributed by atoms with Gasteiger partial charge in [-0.05, 0) is 24.3 Å². The third kappa shape index (κ3) is 4.27. The zero-order valence-electron chi connectivity index (χ0n) is 11.7. The van der Waals surface area contributed by atoms with E-state index in [-0.39, 0.29) is 9.92 Å². The standard InChI is InChI=1S/C15H12ClF2NO3S/c16-10-4-1-2-7-13(10)23(21,22)9-8-14(20)19-15-11(17)5-3-6-12(15)18/h1-7H,8-9H2,(H,19,20). The summed E-state index contributed by atoms with van der Waals surface area (Å²) in [5, 5.41) is 2.08. The second-order valence-corrected chi connectivity index (χ2v) is 7.13. The molecule has 0 spiro atoms. The summed E-state index contributed by atoms with van der Waals surface area (Å²) >= 11 is 5.82. The predicted molar refractivity (Wildman–Crippen MR) is 83.1 cm³/mol. The molecule has 0 saturated carbocycles. The van der Waals surface area contributed by atoms with Crippen molar-refractivity contribution in [2.45, 2.75) is 11.3 Å². The van der Waals surface area contributed by atoms with E-state index in [2.05, 4.69) is 0 Å². The third-order valence-electron chi connectivity index (χ3n) is 3.00. The molecule has 0 radical (unpaired) electrons. The van der Waals surface area contributed by atoms with E-state index in [1.807, 2.05) is 5.32 Å². The second kappa shape index (κ2) is 7.06. The van der Waals surface area contributed by atoms with Gasteiger partial charge in [-0.25, -0.2) is 17.2 Å². The Balaban J connectivity index is 2.06. The van der Waals surface area contributed by atoms with E-state index in [0.29, 0.717) is 0 Å². The lowest BCUT2D eigenvalue weighted by atomic mass is 10.3. The normalized spacial score (nSPS) is 11.3. The van der Waals surface area contributed by atoms with Crippen LogP contribution in [0.5, 0.6) is 0 Å². The summed E-state index contributed by atoms with van der Waals surface area (Å²) in [6.07, 6.45) is -0.457. The molecule has 2 rings (SSSR count). The van der Waals surface area contributed by atoms with Gasteiger partial charge in [0, 0.05) is 6.42 Å². The average molecular weight is 360 g/mol. The van der Waals surface area contributed by atoms with Crippen molar-refractivity contribution in [3.05, 3.63) is 59.1 Å². The van der Waals surface area contributed by atoms with E-state index >= 15 is 0 Å². The number of para-hydroxylation sites is 1. The van der Waals surface area contributed by atoms with Crippen LogP contribution >= 0.6 is 11.6 Å². The molecule has 1 N–H and O–H groups in total. The first-order valence-electron chi connectivity index (χ1n) is 6.52. The summed E-state index contributed by atoms with van der Waals surface area (Å²) in [6, 6.07) is 8.96. The van der Waals surface area contributed by atoms with Gasteiger partial charge in [0.1, 0.15) is 17.3 Å². The number of hydrogen-bond donors (Lipinski definition) is 1. The Hall–Kier alpha value is -1.99. The predicted octanol–water partition coefficient (Wildman–Crippen LogP) is 3.42. The first kappa shape index (κ1) is 17.4. The van der Waals surface area contributed by atoms with Crippen LogP contribution in [-0.2, 0) is 14.6 Å². The van der Waals surface area contributed by atoms with E-state index in [4.69, 9.17) is 11.6 Å². The highest BCUT2D eigenvalue weighted by molar-refractivity contribution is 7.91. The fourth-order valence-electron chi connectivity index (χ4n) is 1.85.